The molecule has 0 saturated heterocycles. The highest BCUT2D eigenvalue weighted by atomic mass is 16.5. The second kappa shape index (κ2) is 5.03. The number of anilines is 1. The molecule has 0 aliphatic heterocycles. The van der Waals surface area contributed by atoms with E-state index in [-0.39, 0.29) is 6.54 Å². The van der Waals surface area contributed by atoms with Gasteiger partial charge in [0.2, 0.25) is 5.88 Å². The van der Waals surface area contributed by atoms with E-state index in [4.69, 9.17) is 9.84 Å². The smallest absolute Gasteiger partial charge is 0.323 e. The van der Waals surface area contributed by atoms with Crippen molar-refractivity contribution in [2.75, 3.05) is 25.1 Å². The normalized spacial score (nSPS) is 14.4. The fraction of sp³-hybridized carbons (Fsp3) is 0.500. The van der Waals surface area contributed by atoms with Gasteiger partial charge >= 0.3 is 5.97 Å². The van der Waals surface area contributed by atoms with Crippen LogP contribution in [0.2, 0.25) is 0 Å². The number of carboxylic acid groups (broad SMARTS) is 1. The number of carboxylic acids is 1. The molecule has 1 aliphatic carbocycles. The van der Waals surface area contributed by atoms with Crippen LogP contribution in [0.3, 0.4) is 0 Å². The molecule has 1 heterocycles. The van der Waals surface area contributed by atoms with Crippen molar-refractivity contribution >= 4 is 11.7 Å². The molecule has 5 heteroatoms. The summed E-state index contributed by atoms with van der Waals surface area (Å²) in [6, 6.07) is 3.58. The van der Waals surface area contributed by atoms with E-state index in [9.17, 15) is 4.79 Å². The van der Waals surface area contributed by atoms with Crippen LogP contribution in [0.15, 0.2) is 18.3 Å². The molecule has 5 nitrogen and oxygen atoms in total. The Hall–Kier alpha value is -1.78. The van der Waals surface area contributed by atoms with Crippen molar-refractivity contribution in [2.45, 2.75) is 12.8 Å². The van der Waals surface area contributed by atoms with Crippen LogP contribution < -0.4 is 9.64 Å². The molecule has 1 aromatic heterocycles. The third kappa shape index (κ3) is 3.34. The molecular formula is C12H16N2O3. The van der Waals surface area contributed by atoms with Crippen molar-refractivity contribution in [2.24, 2.45) is 5.92 Å². The van der Waals surface area contributed by atoms with Crippen LogP contribution in [0.1, 0.15) is 12.8 Å². The molecule has 0 amide bonds. The number of pyridine rings is 1. The van der Waals surface area contributed by atoms with Crippen LogP contribution in [-0.2, 0) is 4.79 Å². The van der Waals surface area contributed by atoms with E-state index in [1.807, 2.05) is 11.0 Å². The zero-order valence-corrected chi connectivity index (χ0v) is 9.80. The van der Waals surface area contributed by atoms with Crippen molar-refractivity contribution < 1.29 is 14.6 Å². The Kier molecular flexibility index (Phi) is 3.46. The van der Waals surface area contributed by atoms with E-state index in [0.717, 1.165) is 12.2 Å². The number of ether oxygens (including phenoxy) is 1. The van der Waals surface area contributed by atoms with Crippen LogP contribution in [0, 0.1) is 5.92 Å². The second-order valence-electron chi connectivity index (χ2n) is 4.27. The number of aliphatic carboxylic acids is 1. The zero-order valence-electron chi connectivity index (χ0n) is 9.80. The molecule has 2 rings (SSSR count). The van der Waals surface area contributed by atoms with Crippen LogP contribution in [0.4, 0.5) is 5.69 Å². The Morgan fingerprint density at radius 2 is 2.41 bits per heavy atom. The topological polar surface area (TPSA) is 62.7 Å². The van der Waals surface area contributed by atoms with E-state index in [1.165, 1.54) is 12.8 Å². The van der Waals surface area contributed by atoms with E-state index in [2.05, 4.69) is 4.98 Å². The van der Waals surface area contributed by atoms with Crippen molar-refractivity contribution in [3.8, 4) is 5.88 Å². The number of rotatable bonds is 6. The lowest BCUT2D eigenvalue weighted by Gasteiger charge is -2.22. The molecule has 1 aromatic rings. The maximum Gasteiger partial charge on any atom is 0.323 e. The second-order valence-corrected chi connectivity index (χ2v) is 4.27. The molecule has 92 valence electrons. The van der Waals surface area contributed by atoms with Crippen LogP contribution in [-0.4, -0.2) is 36.3 Å². The van der Waals surface area contributed by atoms with Gasteiger partial charge in [-0.15, -0.1) is 0 Å². The van der Waals surface area contributed by atoms with Crippen molar-refractivity contribution in [3.05, 3.63) is 18.3 Å². The number of methoxy groups -OCH3 is 1. The summed E-state index contributed by atoms with van der Waals surface area (Å²) in [5.74, 6) is 0.323. The molecule has 1 N–H and O–H groups in total. The van der Waals surface area contributed by atoms with Crippen LogP contribution in [0.25, 0.3) is 0 Å². The quantitative estimate of drug-likeness (QED) is 0.808. The number of hydrogen-bond acceptors (Lipinski definition) is 4. The first-order valence-corrected chi connectivity index (χ1v) is 5.66. The standard InChI is InChI=1S/C12H16N2O3/c1-17-11-6-10(4-5-13-11)14(8-12(15)16)7-9-2-3-9/h4-6,9H,2-3,7-8H2,1H3,(H,15,16). The minimum absolute atomic E-state index is 0.0175. The maximum absolute atomic E-state index is 10.9. The van der Waals surface area contributed by atoms with Gasteiger partial charge in [0, 0.05) is 24.5 Å². The fourth-order valence-electron chi connectivity index (χ4n) is 1.74. The molecule has 1 aliphatic rings. The van der Waals surface area contributed by atoms with E-state index >= 15 is 0 Å². The van der Waals surface area contributed by atoms with Gasteiger partial charge in [-0.25, -0.2) is 4.98 Å². The lowest BCUT2D eigenvalue weighted by atomic mass is 10.3. The summed E-state index contributed by atoms with van der Waals surface area (Å²) in [6.07, 6.45) is 4.02. The Morgan fingerprint density at radius 1 is 1.65 bits per heavy atom. The van der Waals surface area contributed by atoms with Gasteiger partial charge in [-0.3, -0.25) is 4.79 Å². The van der Waals surface area contributed by atoms with Gasteiger partial charge < -0.3 is 14.7 Å². The summed E-state index contributed by atoms with van der Waals surface area (Å²) in [6.45, 7) is 0.809. The number of aromatic nitrogens is 1. The molecule has 17 heavy (non-hydrogen) atoms. The highest BCUT2D eigenvalue weighted by Crippen LogP contribution is 2.31. The predicted molar refractivity (Wildman–Crippen MR) is 63.4 cm³/mol. The fourth-order valence-corrected chi connectivity index (χ4v) is 1.74. The van der Waals surface area contributed by atoms with Gasteiger partial charge in [-0.05, 0) is 24.8 Å². The summed E-state index contributed by atoms with van der Waals surface area (Å²) in [4.78, 5) is 16.7. The third-order valence-corrected chi connectivity index (χ3v) is 2.79. The lowest BCUT2D eigenvalue weighted by molar-refractivity contribution is -0.135. The number of nitrogens with zero attached hydrogens (tertiary/aromatic N) is 2. The van der Waals surface area contributed by atoms with Crippen molar-refractivity contribution in [1.29, 1.82) is 0 Å². The van der Waals surface area contributed by atoms with Crippen molar-refractivity contribution in [3.63, 3.8) is 0 Å². The molecule has 1 saturated carbocycles. The summed E-state index contributed by atoms with van der Waals surface area (Å²) in [5.41, 5.74) is 0.853. The molecule has 1 fully saturated rings. The van der Waals surface area contributed by atoms with Crippen LogP contribution >= 0.6 is 0 Å². The first-order chi connectivity index (χ1) is 8.19. The van der Waals surface area contributed by atoms with E-state index < -0.39 is 5.97 Å². The summed E-state index contributed by atoms with van der Waals surface area (Å²) < 4.78 is 5.05. The Morgan fingerprint density at radius 3 is 3.00 bits per heavy atom. The van der Waals surface area contributed by atoms with Gasteiger partial charge in [0.1, 0.15) is 6.54 Å². The van der Waals surface area contributed by atoms with Gasteiger partial charge in [0.15, 0.2) is 0 Å². The molecule has 0 spiro atoms. The minimum Gasteiger partial charge on any atom is -0.481 e. The van der Waals surface area contributed by atoms with E-state index in [1.54, 1.807) is 19.4 Å². The summed E-state index contributed by atoms with van der Waals surface area (Å²) in [5, 5.41) is 8.92. The maximum atomic E-state index is 10.9. The number of carbonyl (C=O) groups is 1. The molecule has 0 atom stereocenters. The highest BCUT2D eigenvalue weighted by molar-refractivity contribution is 5.73. The first-order valence-electron chi connectivity index (χ1n) is 5.66. The number of hydrogen-bond donors (Lipinski definition) is 1. The largest absolute Gasteiger partial charge is 0.481 e. The zero-order chi connectivity index (χ0) is 12.3. The molecule has 0 radical (unpaired) electrons. The minimum atomic E-state index is -0.818. The summed E-state index contributed by atoms with van der Waals surface area (Å²) in [7, 11) is 1.55. The molecule has 0 aromatic carbocycles. The molecule has 0 unspecified atom stereocenters. The average molecular weight is 236 g/mol. The third-order valence-electron chi connectivity index (χ3n) is 2.79. The Balaban J connectivity index is 2.13. The monoisotopic (exact) mass is 236 g/mol. The first kappa shape index (κ1) is 11.7. The Labute approximate surface area is 100 Å². The van der Waals surface area contributed by atoms with Gasteiger partial charge in [-0.1, -0.05) is 0 Å². The van der Waals surface area contributed by atoms with Gasteiger partial charge in [-0.2, -0.15) is 0 Å². The SMILES string of the molecule is COc1cc(N(CC(=O)O)CC2CC2)ccn1. The Bertz CT molecular complexity index is 404. The predicted octanol–water partition coefficient (Wildman–Crippen LogP) is 1.39. The average Bonchev–Trinajstić information content (AvgIpc) is 3.12. The van der Waals surface area contributed by atoms with Gasteiger partial charge in [0.05, 0.1) is 7.11 Å². The summed E-state index contributed by atoms with van der Waals surface area (Å²) >= 11 is 0. The van der Waals surface area contributed by atoms with E-state index in [0.29, 0.717) is 11.8 Å². The van der Waals surface area contributed by atoms with Crippen molar-refractivity contribution in [1.82, 2.24) is 4.98 Å². The molecular weight excluding hydrogens is 220 g/mol. The lowest BCUT2D eigenvalue weighted by Crippen LogP contribution is -2.31. The molecule has 0 bridgehead atoms. The van der Waals surface area contributed by atoms with Crippen LogP contribution in [0.5, 0.6) is 5.88 Å². The highest BCUT2D eigenvalue weighted by Gasteiger charge is 2.25. The van der Waals surface area contributed by atoms with Gasteiger partial charge in [0.25, 0.3) is 0 Å².